The Bertz CT molecular complexity index is 1170. The molecule has 0 amide bonds. The number of ether oxygens (including phenoxy) is 1. The van der Waals surface area contributed by atoms with Crippen LogP contribution in [0.3, 0.4) is 0 Å². The maximum atomic E-state index is 14.8. The first-order chi connectivity index (χ1) is 15.0. The van der Waals surface area contributed by atoms with E-state index in [1.54, 1.807) is 19.4 Å². The van der Waals surface area contributed by atoms with Crippen molar-refractivity contribution in [2.75, 3.05) is 30.4 Å². The Morgan fingerprint density at radius 3 is 2.61 bits per heavy atom. The minimum Gasteiger partial charge on any atom is -0.499 e. The standard InChI is InChI=1S/C25H26FN3O2/c1-16(2)14-28-20-10-9-18(13-19(20)26)29-15-22(31-3)23(17-7-5-4-6-8-17)24-21(30)11-12-27-25(24)29/h4-13,16,28H,14-15H2,1-3H3,(H,27,30). The molecule has 0 bridgehead atoms. The number of hydrogen-bond donors (Lipinski definition) is 2. The summed E-state index contributed by atoms with van der Waals surface area (Å²) in [4.78, 5) is 18.0. The molecule has 0 aliphatic carbocycles. The van der Waals surface area contributed by atoms with Crippen molar-refractivity contribution in [2.45, 2.75) is 13.8 Å². The van der Waals surface area contributed by atoms with Crippen LogP contribution < -0.4 is 15.6 Å². The molecule has 3 aromatic rings. The van der Waals surface area contributed by atoms with Crippen molar-refractivity contribution in [1.29, 1.82) is 0 Å². The number of aromatic amines is 1. The lowest BCUT2D eigenvalue weighted by atomic mass is 9.93. The molecule has 1 aliphatic heterocycles. The molecule has 2 aromatic carbocycles. The van der Waals surface area contributed by atoms with Crippen molar-refractivity contribution >= 4 is 22.8 Å². The number of pyridine rings is 1. The predicted octanol–water partition coefficient (Wildman–Crippen LogP) is 5.14. The zero-order chi connectivity index (χ0) is 22.0. The van der Waals surface area contributed by atoms with Crippen LogP contribution in [0.5, 0.6) is 0 Å². The summed E-state index contributed by atoms with van der Waals surface area (Å²) in [5.74, 6) is 1.34. The number of nitrogens with one attached hydrogen (secondary N) is 2. The fourth-order valence-corrected chi connectivity index (χ4v) is 3.79. The van der Waals surface area contributed by atoms with E-state index in [1.807, 2.05) is 41.3 Å². The minimum atomic E-state index is -0.338. The Labute approximate surface area is 181 Å². The first-order valence-electron chi connectivity index (χ1n) is 10.3. The number of fused-ring (bicyclic) bond motifs is 1. The highest BCUT2D eigenvalue weighted by Gasteiger charge is 2.30. The van der Waals surface area contributed by atoms with E-state index in [9.17, 15) is 9.18 Å². The van der Waals surface area contributed by atoms with E-state index in [0.717, 1.165) is 11.1 Å². The van der Waals surface area contributed by atoms with Crippen LogP contribution in [0.4, 0.5) is 21.6 Å². The van der Waals surface area contributed by atoms with Crippen LogP contribution in [0, 0.1) is 11.7 Å². The summed E-state index contributed by atoms with van der Waals surface area (Å²) in [6, 6.07) is 16.3. The molecule has 0 atom stereocenters. The summed E-state index contributed by atoms with van der Waals surface area (Å²) >= 11 is 0. The topological polar surface area (TPSA) is 57.4 Å². The van der Waals surface area contributed by atoms with Gasteiger partial charge in [-0.05, 0) is 29.7 Å². The highest BCUT2D eigenvalue weighted by Crippen LogP contribution is 2.39. The molecule has 1 aromatic heterocycles. The number of halogens is 1. The average Bonchev–Trinajstić information content (AvgIpc) is 2.78. The minimum absolute atomic E-state index is 0.123. The van der Waals surface area contributed by atoms with Crippen LogP contribution in [-0.2, 0) is 4.74 Å². The highest BCUT2D eigenvalue weighted by atomic mass is 19.1. The van der Waals surface area contributed by atoms with Gasteiger partial charge in [-0.2, -0.15) is 0 Å². The first kappa shape index (κ1) is 20.7. The first-order valence-corrected chi connectivity index (χ1v) is 10.3. The largest absolute Gasteiger partial charge is 0.499 e. The number of H-pyrrole nitrogens is 1. The predicted molar refractivity (Wildman–Crippen MR) is 123 cm³/mol. The molecule has 2 N–H and O–H groups in total. The third-order valence-corrected chi connectivity index (χ3v) is 5.31. The normalized spacial score (nSPS) is 13.4. The molecule has 0 spiro atoms. The highest BCUT2D eigenvalue weighted by molar-refractivity contribution is 5.91. The second-order valence-corrected chi connectivity index (χ2v) is 7.96. The maximum Gasteiger partial charge on any atom is 0.191 e. The second kappa shape index (κ2) is 8.68. The summed E-state index contributed by atoms with van der Waals surface area (Å²) in [5, 5.41) is 3.13. The molecular weight excluding hydrogens is 393 g/mol. The number of aromatic nitrogens is 1. The summed E-state index contributed by atoms with van der Waals surface area (Å²) in [5.41, 5.74) is 3.14. The lowest BCUT2D eigenvalue weighted by Crippen LogP contribution is -2.31. The number of rotatable bonds is 6. The molecule has 0 unspecified atom stereocenters. The Hall–Kier alpha value is -3.54. The van der Waals surface area contributed by atoms with Crippen LogP contribution in [0.25, 0.3) is 5.57 Å². The van der Waals surface area contributed by atoms with E-state index >= 15 is 0 Å². The van der Waals surface area contributed by atoms with Gasteiger partial charge in [-0.25, -0.2) is 4.39 Å². The molecule has 0 fully saturated rings. The van der Waals surface area contributed by atoms with Crippen LogP contribution >= 0.6 is 0 Å². The number of nitrogens with zero attached hydrogens (tertiary/aromatic N) is 1. The van der Waals surface area contributed by atoms with Gasteiger partial charge < -0.3 is 19.9 Å². The number of hydrogen-bond acceptors (Lipinski definition) is 4. The van der Waals surface area contributed by atoms with Crippen LogP contribution in [0.2, 0.25) is 0 Å². The molecule has 0 saturated carbocycles. The van der Waals surface area contributed by atoms with Gasteiger partial charge in [0, 0.05) is 30.1 Å². The number of benzene rings is 2. The Balaban J connectivity index is 1.81. The quantitative estimate of drug-likeness (QED) is 0.581. The van der Waals surface area contributed by atoms with E-state index in [2.05, 4.69) is 24.1 Å². The number of methoxy groups -OCH3 is 1. The van der Waals surface area contributed by atoms with Gasteiger partial charge in [0.15, 0.2) is 5.43 Å². The summed E-state index contributed by atoms with van der Waals surface area (Å²) in [7, 11) is 1.60. The third-order valence-electron chi connectivity index (χ3n) is 5.31. The van der Waals surface area contributed by atoms with Gasteiger partial charge >= 0.3 is 0 Å². The average molecular weight is 420 g/mol. The van der Waals surface area contributed by atoms with Crippen molar-refractivity contribution in [2.24, 2.45) is 5.92 Å². The fourth-order valence-electron chi connectivity index (χ4n) is 3.79. The molecule has 0 saturated heterocycles. The van der Waals surface area contributed by atoms with Crippen LogP contribution in [0.1, 0.15) is 25.0 Å². The molecule has 4 rings (SSSR count). The maximum absolute atomic E-state index is 14.8. The Morgan fingerprint density at radius 1 is 1.16 bits per heavy atom. The van der Waals surface area contributed by atoms with Gasteiger partial charge in [-0.15, -0.1) is 0 Å². The summed E-state index contributed by atoms with van der Waals surface area (Å²) in [6.45, 7) is 5.20. The van der Waals surface area contributed by atoms with Crippen molar-refractivity contribution < 1.29 is 9.13 Å². The zero-order valence-electron chi connectivity index (χ0n) is 17.9. The smallest absolute Gasteiger partial charge is 0.191 e. The van der Waals surface area contributed by atoms with Gasteiger partial charge in [-0.3, -0.25) is 4.79 Å². The van der Waals surface area contributed by atoms with E-state index in [0.29, 0.717) is 47.5 Å². The van der Waals surface area contributed by atoms with E-state index in [1.165, 1.54) is 12.1 Å². The van der Waals surface area contributed by atoms with Gasteiger partial charge in [0.1, 0.15) is 17.4 Å². The molecule has 6 heteroatoms. The second-order valence-electron chi connectivity index (χ2n) is 7.96. The molecule has 0 radical (unpaired) electrons. The summed E-state index contributed by atoms with van der Waals surface area (Å²) < 4.78 is 20.5. The Kier molecular flexibility index (Phi) is 5.80. The van der Waals surface area contributed by atoms with Crippen molar-refractivity contribution in [1.82, 2.24) is 4.98 Å². The van der Waals surface area contributed by atoms with Gasteiger partial charge in [0.2, 0.25) is 0 Å². The van der Waals surface area contributed by atoms with Crippen LogP contribution in [0.15, 0.2) is 71.3 Å². The lowest BCUT2D eigenvalue weighted by molar-refractivity contribution is 0.288. The van der Waals surface area contributed by atoms with Crippen LogP contribution in [-0.4, -0.2) is 25.2 Å². The van der Waals surface area contributed by atoms with Crippen molar-refractivity contribution in [3.63, 3.8) is 0 Å². The van der Waals surface area contributed by atoms with Gasteiger partial charge in [-0.1, -0.05) is 44.2 Å². The zero-order valence-corrected chi connectivity index (χ0v) is 17.9. The van der Waals surface area contributed by atoms with Crippen molar-refractivity contribution in [3.05, 3.63) is 93.7 Å². The van der Waals surface area contributed by atoms with E-state index in [4.69, 9.17) is 4.74 Å². The van der Waals surface area contributed by atoms with Gasteiger partial charge in [0.25, 0.3) is 0 Å². The van der Waals surface area contributed by atoms with Gasteiger partial charge in [0.05, 0.1) is 24.9 Å². The van der Waals surface area contributed by atoms with Crippen molar-refractivity contribution in [3.8, 4) is 0 Å². The monoisotopic (exact) mass is 419 g/mol. The molecule has 31 heavy (non-hydrogen) atoms. The SMILES string of the molecule is COC1=C(c2ccccc2)c2c([nH]ccc2=O)N(c2ccc(NCC(C)C)c(F)c2)C1. The molecule has 2 heterocycles. The third kappa shape index (κ3) is 4.06. The Morgan fingerprint density at radius 2 is 1.94 bits per heavy atom. The molecule has 1 aliphatic rings. The molecular formula is C25H26FN3O2. The molecule has 5 nitrogen and oxygen atoms in total. The molecule has 160 valence electrons. The van der Waals surface area contributed by atoms with E-state index in [-0.39, 0.29) is 11.2 Å². The fraction of sp³-hybridized carbons (Fsp3) is 0.240. The lowest BCUT2D eigenvalue weighted by Gasteiger charge is -2.33. The van der Waals surface area contributed by atoms with E-state index < -0.39 is 0 Å². The number of anilines is 3. The summed E-state index contributed by atoms with van der Waals surface area (Å²) in [6.07, 6.45) is 1.61.